The van der Waals surface area contributed by atoms with E-state index in [1.54, 1.807) is 6.07 Å². The molecule has 1 amide bonds. The van der Waals surface area contributed by atoms with Gasteiger partial charge in [-0.1, -0.05) is 30.7 Å². The van der Waals surface area contributed by atoms with Crippen LogP contribution in [-0.2, 0) is 17.6 Å². The Hall–Kier alpha value is -2.00. The molecule has 2 aromatic rings. The van der Waals surface area contributed by atoms with Crippen LogP contribution in [0.5, 0.6) is 5.75 Å². The van der Waals surface area contributed by atoms with Gasteiger partial charge in [-0.25, -0.2) is 0 Å². The molecule has 0 fully saturated rings. The zero-order valence-corrected chi connectivity index (χ0v) is 15.5. The number of hydrogen-bond acceptors (Lipinski definition) is 2. The number of nitrogens with one attached hydrogen (secondary N) is 1. The SMILES string of the molecule is CCC(Oc1ccc2c(c1)CCCC2)C(=O)Nc1cc(Cl)ccc1C. The van der Waals surface area contributed by atoms with Gasteiger partial charge in [-0.3, -0.25) is 4.79 Å². The number of hydrogen-bond donors (Lipinski definition) is 1. The molecular formula is C21H24ClNO2. The Labute approximate surface area is 154 Å². The second kappa shape index (κ2) is 7.92. The maximum Gasteiger partial charge on any atom is 0.265 e. The Morgan fingerprint density at radius 2 is 1.92 bits per heavy atom. The first-order chi connectivity index (χ1) is 12.1. The van der Waals surface area contributed by atoms with Gasteiger partial charge in [0.05, 0.1) is 0 Å². The lowest BCUT2D eigenvalue weighted by atomic mass is 9.92. The molecule has 1 aliphatic rings. The van der Waals surface area contributed by atoms with E-state index in [1.165, 1.54) is 24.0 Å². The number of halogens is 1. The van der Waals surface area contributed by atoms with Crippen molar-refractivity contribution in [2.75, 3.05) is 5.32 Å². The van der Waals surface area contributed by atoms with Gasteiger partial charge in [-0.15, -0.1) is 0 Å². The van der Waals surface area contributed by atoms with Crippen LogP contribution >= 0.6 is 11.6 Å². The summed E-state index contributed by atoms with van der Waals surface area (Å²) in [6, 6.07) is 11.7. The maximum absolute atomic E-state index is 12.6. The summed E-state index contributed by atoms with van der Waals surface area (Å²) in [4.78, 5) is 12.6. The van der Waals surface area contributed by atoms with Crippen molar-refractivity contribution in [1.82, 2.24) is 0 Å². The Morgan fingerprint density at radius 3 is 2.68 bits per heavy atom. The van der Waals surface area contributed by atoms with Gasteiger partial charge in [0.25, 0.3) is 5.91 Å². The van der Waals surface area contributed by atoms with Crippen LogP contribution in [0.25, 0.3) is 0 Å². The molecule has 1 N–H and O–H groups in total. The molecule has 1 aliphatic carbocycles. The quantitative estimate of drug-likeness (QED) is 0.786. The van der Waals surface area contributed by atoms with E-state index in [0.29, 0.717) is 11.4 Å². The second-order valence-corrected chi connectivity index (χ2v) is 7.04. The van der Waals surface area contributed by atoms with Crippen LogP contribution in [0.2, 0.25) is 5.02 Å². The number of fused-ring (bicyclic) bond motifs is 1. The number of benzene rings is 2. The summed E-state index contributed by atoms with van der Waals surface area (Å²) in [6.07, 6.45) is 4.79. The molecule has 0 bridgehead atoms. The average Bonchev–Trinajstić information content (AvgIpc) is 2.62. The van der Waals surface area contributed by atoms with Gasteiger partial charge in [0.1, 0.15) is 5.75 Å². The van der Waals surface area contributed by atoms with Gasteiger partial charge < -0.3 is 10.1 Å². The molecule has 0 aliphatic heterocycles. The third-order valence-electron chi connectivity index (χ3n) is 4.72. The molecule has 0 aromatic heterocycles. The number of ether oxygens (including phenoxy) is 1. The minimum atomic E-state index is -0.528. The van der Waals surface area contributed by atoms with Crippen molar-refractivity contribution in [2.24, 2.45) is 0 Å². The van der Waals surface area contributed by atoms with Crippen LogP contribution in [0.4, 0.5) is 5.69 Å². The van der Waals surface area contributed by atoms with Crippen LogP contribution in [0.15, 0.2) is 36.4 Å². The minimum Gasteiger partial charge on any atom is -0.481 e. The molecule has 0 saturated heterocycles. The van der Waals surface area contributed by atoms with Gasteiger partial charge in [-0.05, 0) is 80.0 Å². The first-order valence-corrected chi connectivity index (χ1v) is 9.30. The molecular weight excluding hydrogens is 334 g/mol. The molecule has 0 saturated carbocycles. The van der Waals surface area contributed by atoms with E-state index in [0.717, 1.165) is 29.8 Å². The van der Waals surface area contributed by atoms with Gasteiger partial charge in [0, 0.05) is 10.7 Å². The zero-order chi connectivity index (χ0) is 17.8. The molecule has 25 heavy (non-hydrogen) atoms. The summed E-state index contributed by atoms with van der Waals surface area (Å²) < 4.78 is 5.99. The van der Waals surface area contributed by atoms with Gasteiger partial charge in [0.2, 0.25) is 0 Å². The van der Waals surface area contributed by atoms with Crippen molar-refractivity contribution < 1.29 is 9.53 Å². The Kier molecular flexibility index (Phi) is 5.64. The van der Waals surface area contributed by atoms with Crippen LogP contribution < -0.4 is 10.1 Å². The molecule has 132 valence electrons. The van der Waals surface area contributed by atoms with Gasteiger partial charge in [-0.2, -0.15) is 0 Å². The van der Waals surface area contributed by atoms with Crippen molar-refractivity contribution in [2.45, 2.75) is 52.1 Å². The number of carbonyl (C=O) groups excluding carboxylic acids is 1. The highest BCUT2D eigenvalue weighted by Crippen LogP contribution is 2.26. The number of rotatable bonds is 5. The van der Waals surface area contributed by atoms with Crippen molar-refractivity contribution in [1.29, 1.82) is 0 Å². The predicted molar refractivity (Wildman–Crippen MR) is 103 cm³/mol. The van der Waals surface area contributed by atoms with E-state index in [-0.39, 0.29) is 5.91 Å². The third-order valence-corrected chi connectivity index (χ3v) is 4.95. The van der Waals surface area contributed by atoms with Crippen LogP contribution in [-0.4, -0.2) is 12.0 Å². The van der Waals surface area contributed by atoms with Gasteiger partial charge in [0.15, 0.2) is 6.10 Å². The van der Waals surface area contributed by atoms with Crippen molar-refractivity contribution >= 4 is 23.2 Å². The van der Waals surface area contributed by atoms with Crippen LogP contribution in [0, 0.1) is 6.92 Å². The molecule has 3 nitrogen and oxygen atoms in total. The Bertz CT molecular complexity index is 772. The van der Waals surface area contributed by atoms with E-state index in [2.05, 4.69) is 17.4 Å². The molecule has 1 atom stereocenters. The first kappa shape index (κ1) is 17.8. The summed E-state index contributed by atoms with van der Waals surface area (Å²) in [6.45, 7) is 3.89. The number of aryl methyl sites for hydroxylation is 3. The Morgan fingerprint density at radius 1 is 1.16 bits per heavy atom. The molecule has 3 rings (SSSR count). The van der Waals surface area contributed by atoms with Crippen molar-refractivity contribution in [3.63, 3.8) is 0 Å². The lowest BCUT2D eigenvalue weighted by Crippen LogP contribution is -2.32. The lowest BCUT2D eigenvalue weighted by Gasteiger charge is -2.21. The molecule has 2 aromatic carbocycles. The predicted octanol–water partition coefficient (Wildman–Crippen LogP) is 5.32. The fourth-order valence-corrected chi connectivity index (χ4v) is 3.38. The summed E-state index contributed by atoms with van der Waals surface area (Å²) in [5.74, 6) is 0.621. The highest BCUT2D eigenvalue weighted by atomic mass is 35.5. The zero-order valence-electron chi connectivity index (χ0n) is 14.8. The molecule has 0 heterocycles. The first-order valence-electron chi connectivity index (χ1n) is 8.92. The minimum absolute atomic E-state index is 0.148. The summed E-state index contributed by atoms with van der Waals surface area (Å²) in [7, 11) is 0. The van der Waals surface area contributed by atoms with Gasteiger partial charge >= 0.3 is 0 Å². The lowest BCUT2D eigenvalue weighted by molar-refractivity contribution is -0.122. The highest BCUT2D eigenvalue weighted by Gasteiger charge is 2.20. The van der Waals surface area contributed by atoms with Crippen LogP contribution in [0.3, 0.4) is 0 Å². The maximum atomic E-state index is 12.6. The smallest absolute Gasteiger partial charge is 0.265 e. The number of carbonyl (C=O) groups is 1. The molecule has 0 radical (unpaired) electrons. The van der Waals surface area contributed by atoms with Crippen LogP contribution in [0.1, 0.15) is 42.9 Å². The number of amides is 1. The third kappa shape index (κ3) is 4.35. The topological polar surface area (TPSA) is 38.3 Å². The number of anilines is 1. The van der Waals surface area contributed by atoms with E-state index >= 15 is 0 Å². The van der Waals surface area contributed by atoms with Crippen molar-refractivity contribution in [3.8, 4) is 5.75 Å². The summed E-state index contributed by atoms with van der Waals surface area (Å²) in [5.41, 5.74) is 4.46. The molecule has 1 unspecified atom stereocenters. The van der Waals surface area contributed by atoms with E-state index < -0.39 is 6.10 Å². The van der Waals surface area contributed by atoms with E-state index in [9.17, 15) is 4.79 Å². The fraction of sp³-hybridized carbons (Fsp3) is 0.381. The van der Waals surface area contributed by atoms with E-state index in [4.69, 9.17) is 16.3 Å². The second-order valence-electron chi connectivity index (χ2n) is 6.60. The highest BCUT2D eigenvalue weighted by molar-refractivity contribution is 6.31. The van der Waals surface area contributed by atoms with Crippen molar-refractivity contribution in [3.05, 3.63) is 58.1 Å². The summed E-state index contributed by atoms with van der Waals surface area (Å²) in [5, 5.41) is 3.54. The molecule has 0 spiro atoms. The Balaban J connectivity index is 1.71. The van der Waals surface area contributed by atoms with E-state index in [1.807, 2.05) is 32.0 Å². The average molecular weight is 358 g/mol. The molecule has 4 heteroatoms. The summed E-state index contributed by atoms with van der Waals surface area (Å²) >= 11 is 6.03. The fourth-order valence-electron chi connectivity index (χ4n) is 3.21. The monoisotopic (exact) mass is 357 g/mol. The normalized spacial score (nSPS) is 14.5. The largest absolute Gasteiger partial charge is 0.481 e. The standard InChI is InChI=1S/C21H24ClNO2/c1-3-20(21(24)23-19-13-17(22)10-8-14(19)2)25-18-11-9-15-6-4-5-7-16(15)12-18/h8-13,20H,3-7H2,1-2H3,(H,23,24).